The number of amides is 1. The van der Waals surface area contributed by atoms with Crippen LogP contribution < -0.4 is 0 Å². The second kappa shape index (κ2) is 4.57. The molecular weight excluding hydrogens is 252 g/mol. The molecule has 1 aromatic carbocycles. The van der Waals surface area contributed by atoms with E-state index >= 15 is 0 Å². The first-order valence-corrected chi connectivity index (χ1v) is 6.50. The van der Waals surface area contributed by atoms with E-state index in [0.29, 0.717) is 12.3 Å². The number of carbonyl (C=O) groups excluding carboxylic acids is 1. The van der Waals surface area contributed by atoms with Crippen molar-refractivity contribution in [2.75, 3.05) is 12.4 Å². The van der Waals surface area contributed by atoms with E-state index in [9.17, 15) is 4.79 Å². The fourth-order valence-electron chi connectivity index (χ4n) is 2.37. The number of likely N-dealkylation sites (tertiary alicyclic amines) is 1. The van der Waals surface area contributed by atoms with E-state index in [4.69, 9.17) is 11.6 Å². The first-order chi connectivity index (χ1) is 8.81. The molecule has 0 bridgehead atoms. The standard InChI is InChI=1S/C12H13ClN4O/c13-8-11(16-7-3-6-12(16)18)17-10-5-2-1-4-9(10)14-15-17/h1-2,4-5,11H,3,6-8H2. The number of para-hydroxylation sites is 1. The fraction of sp³-hybridized carbons (Fsp3) is 0.417. The van der Waals surface area contributed by atoms with Gasteiger partial charge in [0.1, 0.15) is 11.7 Å². The van der Waals surface area contributed by atoms with Crippen LogP contribution in [-0.2, 0) is 4.79 Å². The Bertz CT molecular complexity index is 582. The third kappa shape index (κ3) is 1.75. The number of carbonyl (C=O) groups is 1. The zero-order valence-corrected chi connectivity index (χ0v) is 10.5. The molecule has 3 rings (SSSR count). The molecule has 1 unspecified atom stereocenters. The van der Waals surface area contributed by atoms with Crippen LogP contribution in [0.4, 0.5) is 0 Å². The zero-order chi connectivity index (χ0) is 12.5. The van der Waals surface area contributed by atoms with Gasteiger partial charge in [0.2, 0.25) is 5.91 Å². The highest BCUT2D eigenvalue weighted by atomic mass is 35.5. The quantitative estimate of drug-likeness (QED) is 0.794. The predicted octanol–water partition coefficient (Wildman–Crippen LogP) is 1.79. The maximum Gasteiger partial charge on any atom is 0.224 e. The maximum absolute atomic E-state index is 11.8. The lowest BCUT2D eigenvalue weighted by Crippen LogP contribution is -2.35. The largest absolute Gasteiger partial charge is 0.319 e. The third-order valence-electron chi connectivity index (χ3n) is 3.27. The Labute approximate surface area is 109 Å². The number of hydrogen-bond donors (Lipinski definition) is 0. The topological polar surface area (TPSA) is 51.0 Å². The summed E-state index contributed by atoms with van der Waals surface area (Å²) in [6.45, 7) is 0.740. The van der Waals surface area contributed by atoms with Crippen LogP contribution in [0.25, 0.3) is 11.0 Å². The van der Waals surface area contributed by atoms with E-state index < -0.39 is 0 Å². The van der Waals surface area contributed by atoms with Gasteiger partial charge in [-0.25, -0.2) is 4.68 Å². The molecule has 0 radical (unpaired) electrons. The van der Waals surface area contributed by atoms with Crippen molar-refractivity contribution in [1.29, 1.82) is 0 Å². The van der Waals surface area contributed by atoms with E-state index in [1.54, 1.807) is 9.58 Å². The second-order valence-corrected chi connectivity index (χ2v) is 4.66. The predicted molar refractivity (Wildman–Crippen MR) is 68.2 cm³/mol. The van der Waals surface area contributed by atoms with Crippen LogP contribution in [0.1, 0.15) is 19.0 Å². The molecule has 0 saturated carbocycles. The highest BCUT2D eigenvalue weighted by molar-refractivity contribution is 6.18. The van der Waals surface area contributed by atoms with Crippen LogP contribution in [0, 0.1) is 0 Å². The summed E-state index contributed by atoms with van der Waals surface area (Å²) in [5, 5.41) is 8.23. The van der Waals surface area contributed by atoms with Gasteiger partial charge in [0, 0.05) is 13.0 Å². The smallest absolute Gasteiger partial charge is 0.224 e. The van der Waals surface area contributed by atoms with Crippen molar-refractivity contribution in [3.05, 3.63) is 24.3 Å². The summed E-state index contributed by atoms with van der Waals surface area (Å²) < 4.78 is 1.74. The monoisotopic (exact) mass is 264 g/mol. The molecule has 2 aromatic rings. The van der Waals surface area contributed by atoms with Crippen molar-refractivity contribution < 1.29 is 4.79 Å². The number of nitrogens with zero attached hydrogens (tertiary/aromatic N) is 4. The van der Waals surface area contributed by atoms with Gasteiger partial charge >= 0.3 is 0 Å². The van der Waals surface area contributed by atoms with E-state index in [-0.39, 0.29) is 12.1 Å². The lowest BCUT2D eigenvalue weighted by molar-refractivity contribution is -0.131. The van der Waals surface area contributed by atoms with Crippen LogP contribution in [0.15, 0.2) is 24.3 Å². The third-order valence-corrected chi connectivity index (χ3v) is 3.54. The van der Waals surface area contributed by atoms with Gasteiger partial charge in [-0.2, -0.15) is 0 Å². The van der Waals surface area contributed by atoms with Crippen LogP contribution in [0.3, 0.4) is 0 Å². The van der Waals surface area contributed by atoms with Gasteiger partial charge in [-0.1, -0.05) is 17.3 Å². The number of rotatable bonds is 3. The summed E-state index contributed by atoms with van der Waals surface area (Å²) in [7, 11) is 0. The minimum atomic E-state index is -0.242. The van der Waals surface area contributed by atoms with Crippen molar-refractivity contribution >= 4 is 28.5 Å². The SMILES string of the molecule is O=C1CCCN1C(CCl)n1nnc2ccccc21. The Morgan fingerprint density at radius 1 is 1.39 bits per heavy atom. The molecule has 1 aliphatic heterocycles. The Morgan fingerprint density at radius 3 is 2.94 bits per heavy atom. The highest BCUT2D eigenvalue weighted by Gasteiger charge is 2.30. The lowest BCUT2D eigenvalue weighted by Gasteiger charge is -2.26. The Hall–Kier alpha value is -1.62. The first kappa shape index (κ1) is 11.5. The summed E-state index contributed by atoms with van der Waals surface area (Å²) in [5.74, 6) is 0.458. The molecule has 1 saturated heterocycles. The van der Waals surface area contributed by atoms with Crippen LogP contribution in [0.2, 0.25) is 0 Å². The van der Waals surface area contributed by atoms with Crippen molar-refractivity contribution in [1.82, 2.24) is 19.9 Å². The number of halogens is 1. The number of alkyl halides is 1. The van der Waals surface area contributed by atoms with Crippen molar-refractivity contribution in [3.63, 3.8) is 0 Å². The number of fused-ring (bicyclic) bond motifs is 1. The minimum absolute atomic E-state index is 0.139. The maximum atomic E-state index is 11.8. The average Bonchev–Trinajstić information content (AvgIpc) is 2.99. The summed E-state index contributed by atoms with van der Waals surface area (Å²) in [6, 6.07) is 7.68. The van der Waals surface area contributed by atoms with Gasteiger partial charge in [0.25, 0.3) is 0 Å². The van der Waals surface area contributed by atoms with Gasteiger partial charge in [0.15, 0.2) is 0 Å². The summed E-state index contributed by atoms with van der Waals surface area (Å²) in [5.41, 5.74) is 1.72. The van der Waals surface area contributed by atoms with Gasteiger partial charge < -0.3 is 4.90 Å². The van der Waals surface area contributed by atoms with Gasteiger partial charge in [-0.15, -0.1) is 16.7 Å². The van der Waals surface area contributed by atoms with E-state index in [1.165, 1.54) is 0 Å². The first-order valence-electron chi connectivity index (χ1n) is 5.96. The Kier molecular flexibility index (Phi) is 2.91. The Balaban J connectivity index is 2.03. The van der Waals surface area contributed by atoms with Crippen LogP contribution >= 0.6 is 11.6 Å². The molecule has 0 spiro atoms. The highest BCUT2D eigenvalue weighted by Crippen LogP contribution is 2.24. The summed E-state index contributed by atoms with van der Waals surface area (Å²) in [4.78, 5) is 13.6. The van der Waals surface area contributed by atoms with E-state index in [2.05, 4.69) is 10.3 Å². The molecule has 1 amide bonds. The molecule has 1 atom stereocenters. The van der Waals surface area contributed by atoms with Crippen molar-refractivity contribution in [3.8, 4) is 0 Å². The lowest BCUT2D eigenvalue weighted by atomic mass is 10.3. The Morgan fingerprint density at radius 2 is 2.22 bits per heavy atom. The molecule has 1 aromatic heterocycles. The molecule has 0 N–H and O–H groups in total. The van der Waals surface area contributed by atoms with E-state index in [0.717, 1.165) is 24.0 Å². The van der Waals surface area contributed by atoms with Crippen molar-refractivity contribution in [2.45, 2.75) is 19.0 Å². The molecule has 0 aliphatic carbocycles. The zero-order valence-electron chi connectivity index (χ0n) is 9.79. The molecular formula is C12H13ClN4O. The fourth-order valence-corrected chi connectivity index (χ4v) is 2.67. The molecule has 6 heteroatoms. The van der Waals surface area contributed by atoms with Crippen molar-refractivity contribution in [2.24, 2.45) is 0 Å². The molecule has 2 heterocycles. The normalized spacial score (nSPS) is 17.6. The number of hydrogen-bond acceptors (Lipinski definition) is 3. The average molecular weight is 265 g/mol. The van der Waals surface area contributed by atoms with Gasteiger partial charge in [-0.05, 0) is 18.6 Å². The number of aromatic nitrogens is 3. The van der Waals surface area contributed by atoms with Gasteiger partial charge in [-0.3, -0.25) is 4.79 Å². The second-order valence-electron chi connectivity index (χ2n) is 4.35. The molecule has 18 heavy (non-hydrogen) atoms. The van der Waals surface area contributed by atoms with Crippen LogP contribution in [0.5, 0.6) is 0 Å². The van der Waals surface area contributed by atoms with Gasteiger partial charge in [0.05, 0.1) is 11.4 Å². The summed E-state index contributed by atoms with van der Waals surface area (Å²) >= 11 is 6.02. The molecule has 5 nitrogen and oxygen atoms in total. The molecule has 1 fully saturated rings. The summed E-state index contributed by atoms with van der Waals surface area (Å²) in [6.07, 6.45) is 1.24. The minimum Gasteiger partial charge on any atom is -0.319 e. The molecule has 94 valence electrons. The number of benzene rings is 1. The molecule has 1 aliphatic rings. The van der Waals surface area contributed by atoms with E-state index in [1.807, 2.05) is 24.3 Å². The van der Waals surface area contributed by atoms with Crippen LogP contribution in [-0.4, -0.2) is 38.2 Å².